The van der Waals surface area contributed by atoms with Crippen LogP contribution in [-0.2, 0) is 4.79 Å². The van der Waals surface area contributed by atoms with E-state index < -0.39 is 23.7 Å². The minimum atomic E-state index is -1.10. The van der Waals surface area contributed by atoms with Crippen molar-refractivity contribution in [3.05, 3.63) is 35.3 Å². The second kappa shape index (κ2) is 6.17. The predicted octanol–water partition coefficient (Wildman–Crippen LogP) is 3.11. The third-order valence-corrected chi connectivity index (χ3v) is 3.41. The normalized spacial score (nSPS) is 12.6. The van der Waals surface area contributed by atoms with E-state index in [0.717, 1.165) is 0 Å². The molecule has 1 amide bonds. The van der Waals surface area contributed by atoms with Gasteiger partial charge in [0.2, 0.25) is 0 Å². The lowest BCUT2D eigenvalue weighted by Gasteiger charge is -2.15. The maximum atomic E-state index is 13.3. The van der Waals surface area contributed by atoms with Gasteiger partial charge in [0.15, 0.2) is 5.76 Å². The van der Waals surface area contributed by atoms with Crippen LogP contribution in [0.3, 0.4) is 0 Å². The molecular formula is C16H18FNO4. The predicted molar refractivity (Wildman–Crippen MR) is 79.3 cm³/mol. The maximum Gasteiger partial charge on any atom is 0.326 e. The van der Waals surface area contributed by atoms with Gasteiger partial charge in [0.1, 0.15) is 17.4 Å². The first-order valence-electron chi connectivity index (χ1n) is 7.02. The summed E-state index contributed by atoms with van der Waals surface area (Å²) in [6.45, 7) is 5.38. The van der Waals surface area contributed by atoms with E-state index in [9.17, 15) is 14.0 Å². The molecule has 22 heavy (non-hydrogen) atoms. The van der Waals surface area contributed by atoms with Crippen molar-refractivity contribution < 1.29 is 23.5 Å². The van der Waals surface area contributed by atoms with Gasteiger partial charge in [-0.1, -0.05) is 13.8 Å². The number of hydrogen-bond acceptors (Lipinski definition) is 3. The number of fused-ring (bicyclic) bond motifs is 1. The van der Waals surface area contributed by atoms with Crippen LogP contribution in [0.4, 0.5) is 4.39 Å². The largest absolute Gasteiger partial charge is 0.480 e. The van der Waals surface area contributed by atoms with Crippen molar-refractivity contribution in [1.82, 2.24) is 5.32 Å². The fraction of sp³-hybridized carbons (Fsp3) is 0.375. The highest BCUT2D eigenvalue weighted by atomic mass is 19.1. The van der Waals surface area contributed by atoms with Crippen molar-refractivity contribution in [2.45, 2.75) is 33.2 Å². The van der Waals surface area contributed by atoms with Gasteiger partial charge in [-0.2, -0.15) is 0 Å². The first-order valence-corrected chi connectivity index (χ1v) is 7.02. The summed E-state index contributed by atoms with van der Waals surface area (Å²) in [5.41, 5.74) is 0.875. The lowest BCUT2D eigenvalue weighted by molar-refractivity contribution is -0.139. The van der Waals surface area contributed by atoms with Gasteiger partial charge in [-0.05, 0) is 37.5 Å². The van der Waals surface area contributed by atoms with Gasteiger partial charge in [0.25, 0.3) is 5.91 Å². The van der Waals surface area contributed by atoms with Gasteiger partial charge in [-0.15, -0.1) is 0 Å². The number of nitrogens with one attached hydrogen (secondary N) is 1. The average molecular weight is 307 g/mol. The number of carboxylic acids is 1. The monoisotopic (exact) mass is 307 g/mol. The van der Waals surface area contributed by atoms with Crippen molar-refractivity contribution in [2.75, 3.05) is 0 Å². The van der Waals surface area contributed by atoms with Gasteiger partial charge in [-0.25, -0.2) is 9.18 Å². The van der Waals surface area contributed by atoms with Crippen molar-refractivity contribution in [2.24, 2.45) is 5.92 Å². The molecule has 1 heterocycles. The summed E-state index contributed by atoms with van der Waals surface area (Å²) in [5, 5.41) is 12.1. The second-order valence-electron chi connectivity index (χ2n) is 5.69. The van der Waals surface area contributed by atoms with Crippen LogP contribution in [0, 0.1) is 18.7 Å². The van der Waals surface area contributed by atoms with Gasteiger partial charge in [0, 0.05) is 10.9 Å². The molecule has 1 atom stereocenters. The van der Waals surface area contributed by atoms with E-state index in [4.69, 9.17) is 9.52 Å². The highest BCUT2D eigenvalue weighted by Crippen LogP contribution is 2.26. The number of furan rings is 1. The molecule has 0 saturated heterocycles. The van der Waals surface area contributed by atoms with Gasteiger partial charge >= 0.3 is 5.97 Å². The molecule has 0 saturated carbocycles. The van der Waals surface area contributed by atoms with Crippen molar-refractivity contribution in [3.8, 4) is 0 Å². The summed E-state index contributed by atoms with van der Waals surface area (Å²) in [6, 6.07) is 2.98. The number of amides is 1. The Labute approximate surface area is 127 Å². The van der Waals surface area contributed by atoms with Gasteiger partial charge in [-0.3, -0.25) is 4.79 Å². The maximum absolute atomic E-state index is 13.3. The summed E-state index contributed by atoms with van der Waals surface area (Å²) in [7, 11) is 0. The summed E-state index contributed by atoms with van der Waals surface area (Å²) in [4.78, 5) is 23.5. The lowest BCUT2D eigenvalue weighted by atomic mass is 10.0. The quantitative estimate of drug-likeness (QED) is 0.889. The average Bonchev–Trinajstić information content (AvgIpc) is 2.74. The second-order valence-corrected chi connectivity index (χ2v) is 5.69. The molecule has 1 aromatic heterocycles. The Balaban J connectivity index is 2.29. The van der Waals surface area contributed by atoms with E-state index in [2.05, 4.69) is 5.32 Å². The first-order chi connectivity index (χ1) is 10.3. The smallest absolute Gasteiger partial charge is 0.326 e. The molecule has 0 spiro atoms. The summed E-state index contributed by atoms with van der Waals surface area (Å²) < 4.78 is 18.7. The van der Waals surface area contributed by atoms with E-state index in [1.54, 1.807) is 6.92 Å². The Morgan fingerprint density at radius 3 is 2.64 bits per heavy atom. The Morgan fingerprint density at radius 1 is 1.36 bits per heavy atom. The van der Waals surface area contributed by atoms with E-state index in [1.165, 1.54) is 18.2 Å². The van der Waals surface area contributed by atoms with Crippen LogP contribution in [0.5, 0.6) is 0 Å². The van der Waals surface area contributed by atoms with Crippen LogP contribution in [0.25, 0.3) is 11.0 Å². The van der Waals surface area contributed by atoms with Gasteiger partial charge < -0.3 is 14.8 Å². The molecular weight excluding hydrogens is 289 g/mol. The number of aryl methyl sites for hydroxylation is 1. The molecule has 6 heteroatoms. The number of rotatable bonds is 5. The van der Waals surface area contributed by atoms with E-state index in [0.29, 0.717) is 23.0 Å². The van der Waals surface area contributed by atoms with E-state index in [1.807, 2.05) is 13.8 Å². The first kappa shape index (κ1) is 16.0. The summed E-state index contributed by atoms with van der Waals surface area (Å²) >= 11 is 0. The number of hydrogen-bond donors (Lipinski definition) is 2. The highest BCUT2D eigenvalue weighted by molar-refractivity contribution is 6.00. The Kier molecular flexibility index (Phi) is 4.49. The molecule has 0 bridgehead atoms. The highest BCUT2D eigenvalue weighted by Gasteiger charge is 2.25. The van der Waals surface area contributed by atoms with Crippen LogP contribution in [-0.4, -0.2) is 23.0 Å². The molecule has 0 radical (unpaired) electrons. The van der Waals surface area contributed by atoms with E-state index in [-0.39, 0.29) is 11.7 Å². The number of carbonyl (C=O) groups excluding carboxylic acids is 1. The number of benzene rings is 1. The zero-order chi connectivity index (χ0) is 16.4. The Hall–Kier alpha value is -2.37. The summed E-state index contributed by atoms with van der Waals surface area (Å²) in [6.07, 6.45) is 0.314. The fourth-order valence-corrected chi connectivity index (χ4v) is 2.33. The molecule has 2 rings (SSSR count). The van der Waals surface area contributed by atoms with Crippen molar-refractivity contribution >= 4 is 22.8 Å². The fourth-order valence-electron chi connectivity index (χ4n) is 2.33. The number of carbonyl (C=O) groups is 2. The van der Waals surface area contributed by atoms with Crippen molar-refractivity contribution in [3.63, 3.8) is 0 Å². The minimum absolute atomic E-state index is 0.00982. The molecule has 2 aromatic rings. The standard InChI is InChI=1S/C16H18FNO4/c1-8(2)6-12(16(20)21)18-15(19)14-9(3)11-7-10(17)4-5-13(11)22-14/h4-5,7-8,12H,6H2,1-3H3,(H,18,19)(H,20,21)/t12-/m1/s1. The molecule has 0 aliphatic carbocycles. The van der Waals surface area contributed by atoms with E-state index >= 15 is 0 Å². The zero-order valence-corrected chi connectivity index (χ0v) is 12.6. The zero-order valence-electron chi connectivity index (χ0n) is 12.6. The third kappa shape index (κ3) is 3.27. The summed E-state index contributed by atoms with van der Waals surface area (Å²) in [5.74, 6) is -2.00. The van der Waals surface area contributed by atoms with Crippen LogP contribution >= 0.6 is 0 Å². The lowest BCUT2D eigenvalue weighted by Crippen LogP contribution is -2.41. The van der Waals surface area contributed by atoms with Crippen LogP contribution < -0.4 is 5.32 Å². The molecule has 5 nitrogen and oxygen atoms in total. The van der Waals surface area contributed by atoms with Crippen LogP contribution in [0.1, 0.15) is 36.4 Å². The molecule has 1 aromatic carbocycles. The molecule has 0 aliphatic heterocycles. The van der Waals surface area contributed by atoms with Crippen molar-refractivity contribution in [1.29, 1.82) is 0 Å². The molecule has 0 unspecified atom stereocenters. The molecule has 0 aliphatic rings. The Morgan fingerprint density at radius 2 is 2.05 bits per heavy atom. The third-order valence-electron chi connectivity index (χ3n) is 3.41. The SMILES string of the molecule is Cc1c(C(=O)N[C@H](CC(C)C)C(=O)O)oc2ccc(F)cc12. The van der Waals surface area contributed by atoms with Crippen LogP contribution in [0.15, 0.2) is 22.6 Å². The Bertz CT molecular complexity index is 720. The molecule has 118 valence electrons. The number of halogens is 1. The molecule has 0 fully saturated rings. The topological polar surface area (TPSA) is 79.5 Å². The van der Waals surface area contributed by atoms with Gasteiger partial charge in [0.05, 0.1) is 0 Å². The minimum Gasteiger partial charge on any atom is -0.480 e. The number of carboxylic acid groups (broad SMARTS) is 1. The van der Waals surface area contributed by atoms with Crippen LogP contribution in [0.2, 0.25) is 0 Å². The number of aliphatic carboxylic acids is 1. The molecule has 2 N–H and O–H groups in total.